The monoisotopic (exact) mass is 311 g/mol. The summed E-state index contributed by atoms with van der Waals surface area (Å²) in [4.78, 5) is 14.6. The van der Waals surface area contributed by atoms with Crippen LogP contribution < -0.4 is 0 Å². The Morgan fingerprint density at radius 2 is 2.11 bits per heavy atom. The second kappa shape index (κ2) is 9.43. The number of benzene rings is 1. The van der Waals surface area contributed by atoms with Crippen LogP contribution in [0.15, 0.2) is 41.4 Å². The van der Waals surface area contributed by atoms with Crippen LogP contribution in [0.4, 0.5) is 0 Å². The van der Waals surface area contributed by atoms with Crippen LogP contribution in [0.1, 0.15) is 5.56 Å². The molecule has 0 radical (unpaired) electrons. The zero-order valence-electron chi connectivity index (χ0n) is 9.74. The van der Waals surface area contributed by atoms with E-state index in [-0.39, 0.29) is 21.6 Å². The molecule has 0 atom stereocenters. The van der Waals surface area contributed by atoms with Crippen molar-refractivity contribution in [3.05, 3.63) is 46.9 Å². The molecular weight excluding hydrogens is 297 g/mol. The molecule has 1 aromatic carbocycles. The molecule has 0 amide bonds. The predicted molar refractivity (Wildman–Crippen MR) is 67.6 cm³/mol. The first-order valence-electron chi connectivity index (χ1n) is 5.32. The fourth-order valence-electron chi connectivity index (χ4n) is 1.13. The Hall–Kier alpha value is -1.60. The average Bonchev–Trinajstić information content (AvgIpc) is 2.40. The number of nitrogens with zero attached hydrogens (tertiary/aromatic N) is 1. The van der Waals surface area contributed by atoms with Gasteiger partial charge >= 0.3 is 112 Å². The van der Waals surface area contributed by atoms with Crippen LogP contribution in [0, 0.1) is 10.2 Å². The van der Waals surface area contributed by atoms with Crippen molar-refractivity contribution < 1.29 is 14.3 Å². The molecule has 5 heteroatoms. The third-order valence-electron chi connectivity index (χ3n) is 1.91. The Morgan fingerprint density at radius 3 is 2.83 bits per heavy atom. The number of hydrogen-bond acceptors (Lipinski definition) is 4. The van der Waals surface area contributed by atoms with Crippen LogP contribution in [0.25, 0.3) is 0 Å². The van der Waals surface area contributed by atoms with Gasteiger partial charge < -0.3 is 0 Å². The summed E-state index contributed by atoms with van der Waals surface area (Å²) in [5.74, 6) is -0.435. The molecule has 0 bridgehead atoms. The van der Waals surface area contributed by atoms with Crippen molar-refractivity contribution >= 4 is 20.9 Å². The molecule has 0 spiro atoms. The van der Waals surface area contributed by atoms with Crippen molar-refractivity contribution in [2.75, 3.05) is 13.2 Å². The van der Waals surface area contributed by atoms with E-state index < -0.39 is 5.97 Å². The Bertz CT molecular complexity index is 426. The van der Waals surface area contributed by atoms with Crippen molar-refractivity contribution in [2.45, 2.75) is 6.61 Å². The van der Waals surface area contributed by atoms with Crippen molar-refractivity contribution in [1.29, 1.82) is 5.26 Å². The summed E-state index contributed by atoms with van der Waals surface area (Å²) < 4.78 is 10.2. The van der Waals surface area contributed by atoms with Gasteiger partial charge in [-0.05, 0) is 0 Å². The molecule has 0 N–H and O–H groups in total. The third kappa shape index (κ3) is 6.87. The summed E-state index contributed by atoms with van der Waals surface area (Å²) in [6.07, 6.45) is 1.28. The van der Waals surface area contributed by atoms with Crippen LogP contribution >= 0.6 is 0 Å². The molecule has 0 saturated carbocycles. The first-order chi connectivity index (χ1) is 8.83. The number of rotatable bonds is 7. The molecular formula is C13H13NO3Se. The second-order valence-corrected chi connectivity index (χ2v) is 4.67. The van der Waals surface area contributed by atoms with Crippen LogP contribution in [0.2, 0.25) is 0 Å². The molecule has 4 nitrogen and oxygen atoms in total. The van der Waals surface area contributed by atoms with E-state index in [1.54, 1.807) is 0 Å². The van der Waals surface area contributed by atoms with Gasteiger partial charge in [0.25, 0.3) is 0 Å². The van der Waals surface area contributed by atoms with Crippen molar-refractivity contribution in [3.8, 4) is 4.97 Å². The van der Waals surface area contributed by atoms with E-state index in [0.717, 1.165) is 5.56 Å². The third-order valence-corrected chi connectivity index (χ3v) is 2.70. The molecule has 0 aliphatic rings. The molecule has 94 valence electrons. The molecule has 1 aromatic rings. The summed E-state index contributed by atoms with van der Waals surface area (Å²) in [6, 6.07) is 9.78. The molecule has 18 heavy (non-hydrogen) atoms. The summed E-state index contributed by atoms with van der Waals surface area (Å²) in [7, 11) is 0. The second-order valence-electron chi connectivity index (χ2n) is 3.22. The van der Waals surface area contributed by atoms with Gasteiger partial charge in [0.05, 0.1) is 0 Å². The number of esters is 1. The first-order valence-corrected chi connectivity index (χ1v) is 7.17. The fraction of sp³-hybridized carbons (Fsp3) is 0.231. The van der Waals surface area contributed by atoms with Gasteiger partial charge in [-0.15, -0.1) is 0 Å². The average molecular weight is 310 g/mol. The fourth-order valence-corrected chi connectivity index (χ4v) is 1.64. The van der Waals surface area contributed by atoms with E-state index in [4.69, 9.17) is 14.7 Å². The maximum absolute atomic E-state index is 11.1. The number of nitriles is 1. The number of hydrogen-bond donors (Lipinski definition) is 0. The summed E-state index contributed by atoms with van der Waals surface area (Å²) in [5, 5.41) is 8.29. The summed E-state index contributed by atoms with van der Waals surface area (Å²) in [5.41, 5.74) is 1.08. The molecule has 0 unspecified atom stereocenters. The van der Waals surface area contributed by atoms with Gasteiger partial charge in [0, 0.05) is 0 Å². The Balaban J connectivity index is 2.05. The van der Waals surface area contributed by atoms with Crippen LogP contribution in [0.5, 0.6) is 0 Å². The number of carbonyl (C=O) groups excluding carboxylic acids is 1. The standard InChI is InChI=1S/C13H13NO3Se/c14-11-18-9-6-13(15)17-8-7-16-10-12-4-2-1-3-5-12/h1-6,9H,7-8,10H2/b9-6-. The number of carbonyl (C=O) groups is 1. The van der Waals surface area contributed by atoms with Gasteiger partial charge in [-0.1, -0.05) is 0 Å². The Morgan fingerprint density at radius 1 is 1.33 bits per heavy atom. The van der Waals surface area contributed by atoms with E-state index in [9.17, 15) is 4.79 Å². The summed E-state index contributed by atoms with van der Waals surface area (Å²) >= 11 is -0.289. The van der Waals surface area contributed by atoms with E-state index >= 15 is 0 Å². The molecule has 0 fully saturated rings. The number of ether oxygens (including phenoxy) is 2. The van der Waals surface area contributed by atoms with Gasteiger partial charge in [0.2, 0.25) is 0 Å². The van der Waals surface area contributed by atoms with Crippen LogP contribution in [0.3, 0.4) is 0 Å². The van der Waals surface area contributed by atoms with Crippen LogP contribution in [-0.2, 0) is 20.9 Å². The van der Waals surface area contributed by atoms with Crippen LogP contribution in [-0.4, -0.2) is 34.1 Å². The Kier molecular flexibility index (Phi) is 7.58. The summed E-state index contributed by atoms with van der Waals surface area (Å²) in [6.45, 7) is 1.08. The minimum absolute atomic E-state index is 0.218. The van der Waals surface area contributed by atoms with E-state index in [2.05, 4.69) is 0 Å². The molecule has 0 aliphatic carbocycles. The molecule has 0 aliphatic heterocycles. The van der Waals surface area contributed by atoms with Gasteiger partial charge in [-0.3, -0.25) is 0 Å². The SMILES string of the molecule is N#C[Se]/C=C\C(=O)OCCOCc1ccccc1. The van der Waals surface area contributed by atoms with Gasteiger partial charge in [0.15, 0.2) is 0 Å². The van der Waals surface area contributed by atoms with Crippen molar-refractivity contribution in [1.82, 2.24) is 0 Å². The van der Waals surface area contributed by atoms with Gasteiger partial charge in [-0.2, -0.15) is 0 Å². The molecule has 1 rings (SSSR count). The zero-order valence-corrected chi connectivity index (χ0v) is 11.5. The zero-order chi connectivity index (χ0) is 13.1. The van der Waals surface area contributed by atoms with Gasteiger partial charge in [0.1, 0.15) is 0 Å². The quantitative estimate of drug-likeness (QED) is 0.331. The van der Waals surface area contributed by atoms with E-state index in [1.165, 1.54) is 11.1 Å². The predicted octanol–water partition coefficient (Wildman–Crippen LogP) is 1.45. The normalized spacial score (nSPS) is 10.2. The molecule has 0 aromatic heterocycles. The van der Waals surface area contributed by atoms with Crippen molar-refractivity contribution in [3.63, 3.8) is 0 Å². The van der Waals surface area contributed by atoms with Crippen molar-refractivity contribution in [2.24, 2.45) is 0 Å². The van der Waals surface area contributed by atoms with Gasteiger partial charge in [-0.25, -0.2) is 0 Å². The van der Waals surface area contributed by atoms with E-state index in [1.807, 2.05) is 35.3 Å². The minimum atomic E-state index is -0.435. The van der Waals surface area contributed by atoms with E-state index in [0.29, 0.717) is 13.2 Å². The Labute approximate surface area is 112 Å². The maximum atomic E-state index is 11.1. The molecule has 0 saturated heterocycles. The first kappa shape index (κ1) is 14.5. The topological polar surface area (TPSA) is 59.3 Å². The molecule has 0 heterocycles.